The van der Waals surface area contributed by atoms with Crippen molar-refractivity contribution in [2.45, 2.75) is 33.6 Å². The van der Waals surface area contributed by atoms with Gasteiger partial charge >= 0.3 is 0 Å². The molecule has 1 atom stereocenters. The number of hydrogen-bond acceptors (Lipinski definition) is 1. The van der Waals surface area contributed by atoms with Crippen molar-refractivity contribution in [1.29, 1.82) is 0 Å². The summed E-state index contributed by atoms with van der Waals surface area (Å²) in [6.07, 6.45) is 2.46. The summed E-state index contributed by atoms with van der Waals surface area (Å²) in [7, 11) is 0. The first kappa shape index (κ1) is 12.4. The molecule has 0 amide bonds. The largest absolute Gasteiger partial charge is 0.369 e. The van der Waals surface area contributed by atoms with Gasteiger partial charge in [0.1, 0.15) is 5.82 Å². The fraction of sp³-hybridized carbons (Fsp3) is 0.600. The van der Waals surface area contributed by atoms with Crippen molar-refractivity contribution < 1.29 is 4.39 Å². The Labute approximate surface area is 104 Å². The molecule has 0 spiro atoms. The van der Waals surface area contributed by atoms with Gasteiger partial charge in [-0.05, 0) is 49.3 Å². The summed E-state index contributed by atoms with van der Waals surface area (Å²) in [5, 5.41) is 0. The Morgan fingerprint density at radius 3 is 2.76 bits per heavy atom. The van der Waals surface area contributed by atoms with E-state index in [0.717, 1.165) is 24.3 Å². The molecule has 1 aliphatic rings. The predicted octanol–water partition coefficient (Wildman–Crippen LogP) is 4.01. The van der Waals surface area contributed by atoms with Gasteiger partial charge in [0, 0.05) is 13.1 Å². The molecule has 17 heavy (non-hydrogen) atoms. The molecule has 2 rings (SSSR count). The van der Waals surface area contributed by atoms with Gasteiger partial charge in [0.2, 0.25) is 0 Å². The first-order valence-corrected chi connectivity index (χ1v) is 6.59. The number of anilines is 1. The van der Waals surface area contributed by atoms with Crippen LogP contribution in [-0.4, -0.2) is 13.1 Å². The minimum absolute atomic E-state index is 0.0746. The number of halogens is 1. The summed E-state index contributed by atoms with van der Waals surface area (Å²) in [5.74, 6) is 1.31. The third-order valence-corrected chi connectivity index (χ3v) is 3.84. The normalized spacial score (nSPS) is 21.0. The average Bonchev–Trinajstić information content (AvgIpc) is 2.29. The number of rotatable bonds is 2. The maximum atomic E-state index is 13.9. The van der Waals surface area contributed by atoms with Gasteiger partial charge in [-0.25, -0.2) is 4.39 Å². The van der Waals surface area contributed by atoms with E-state index < -0.39 is 0 Å². The van der Waals surface area contributed by atoms with E-state index >= 15 is 0 Å². The zero-order valence-electron chi connectivity index (χ0n) is 11.0. The maximum Gasteiger partial charge on any atom is 0.146 e. The van der Waals surface area contributed by atoms with Gasteiger partial charge < -0.3 is 4.90 Å². The van der Waals surface area contributed by atoms with E-state index in [1.165, 1.54) is 12.8 Å². The minimum atomic E-state index is -0.0746. The van der Waals surface area contributed by atoms with Crippen molar-refractivity contribution in [1.82, 2.24) is 0 Å². The van der Waals surface area contributed by atoms with Crippen LogP contribution < -0.4 is 4.90 Å². The average molecular weight is 235 g/mol. The molecule has 0 aliphatic carbocycles. The van der Waals surface area contributed by atoms with Crippen LogP contribution in [0.3, 0.4) is 0 Å². The van der Waals surface area contributed by atoms with Crippen molar-refractivity contribution in [3.05, 3.63) is 29.6 Å². The monoisotopic (exact) mass is 235 g/mol. The lowest BCUT2D eigenvalue weighted by Crippen LogP contribution is -2.37. The molecule has 2 heteroatoms. The lowest BCUT2D eigenvalue weighted by molar-refractivity contribution is 0.320. The van der Waals surface area contributed by atoms with Gasteiger partial charge in [0.05, 0.1) is 5.69 Å². The van der Waals surface area contributed by atoms with Crippen LogP contribution in [0.15, 0.2) is 18.2 Å². The molecule has 0 radical (unpaired) electrons. The fourth-order valence-electron chi connectivity index (χ4n) is 2.64. The Hall–Kier alpha value is -1.05. The second kappa shape index (κ2) is 5.07. The lowest BCUT2D eigenvalue weighted by Gasteiger charge is -2.36. The van der Waals surface area contributed by atoms with Gasteiger partial charge in [-0.15, -0.1) is 0 Å². The highest BCUT2D eigenvalue weighted by Crippen LogP contribution is 2.29. The number of hydrogen-bond donors (Lipinski definition) is 0. The van der Waals surface area contributed by atoms with Crippen LogP contribution in [-0.2, 0) is 0 Å². The third-order valence-electron chi connectivity index (χ3n) is 3.84. The molecule has 1 aliphatic heterocycles. The van der Waals surface area contributed by atoms with Gasteiger partial charge in [0.15, 0.2) is 0 Å². The summed E-state index contributed by atoms with van der Waals surface area (Å²) in [6, 6.07) is 5.55. The van der Waals surface area contributed by atoms with E-state index in [4.69, 9.17) is 0 Å². The molecular formula is C15H22FN. The van der Waals surface area contributed by atoms with Crippen molar-refractivity contribution in [3.63, 3.8) is 0 Å². The van der Waals surface area contributed by atoms with E-state index in [2.05, 4.69) is 18.7 Å². The second-order valence-electron chi connectivity index (χ2n) is 5.55. The number of piperidine rings is 1. The molecule has 1 aromatic rings. The van der Waals surface area contributed by atoms with Crippen LogP contribution in [0.5, 0.6) is 0 Å². The van der Waals surface area contributed by atoms with E-state index in [0.29, 0.717) is 11.8 Å². The maximum absolute atomic E-state index is 13.9. The molecule has 1 saturated heterocycles. The first-order valence-electron chi connectivity index (χ1n) is 6.59. The minimum Gasteiger partial charge on any atom is -0.369 e. The molecule has 0 aromatic heterocycles. The summed E-state index contributed by atoms with van der Waals surface area (Å²) in [5.41, 5.74) is 1.77. The highest BCUT2D eigenvalue weighted by Gasteiger charge is 2.23. The number of nitrogens with zero attached hydrogens (tertiary/aromatic N) is 1. The molecule has 1 aromatic carbocycles. The Kier molecular flexibility index (Phi) is 3.70. The molecule has 1 fully saturated rings. The van der Waals surface area contributed by atoms with Crippen LogP contribution >= 0.6 is 0 Å². The first-order chi connectivity index (χ1) is 8.08. The standard InChI is InChI=1S/C15H22FN/c1-11(2)13-5-4-8-17(10-13)15-7-6-12(3)9-14(15)16/h6-7,9,11,13H,4-5,8,10H2,1-3H3. The fourth-order valence-corrected chi connectivity index (χ4v) is 2.64. The van der Waals surface area contributed by atoms with Crippen LogP contribution in [0, 0.1) is 24.6 Å². The summed E-state index contributed by atoms with van der Waals surface area (Å²) < 4.78 is 13.9. The Balaban J connectivity index is 2.16. The van der Waals surface area contributed by atoms with E-state index in [9.17, 15) is 4.39 Å². The molecule has 1 nitrogen and oxygen atoms in total. The zero-order valence-corrected chi connectivity index (χ0v) is 11.0. The van der Waals surface area contributed by atoms with Gasteiger partial charge in [-0.1, -0.05) is 19.9 Å². The molecule has 94 valence electrons. The van der Waals surface area contributed by atoms with Crippen molar-refractivity contribution in [2.24, 2.45) is 11.8 Å². The quantitative estimate of drug-likeness (QED) is 0.748. The predicted molar refractivity (Wildman–Crippen MR) is 70.9 cm³/mol. The van der Waals surface area contributed by atoms with E-state index in [1.807, 2.05) is 19.1 Å². The highest BCUT2D eigenvalue weighted by atomic mass is 19.1. The number of benzene rings is 1. The van der Waals surface area contributed by atoms with Gasteiger partial charge in [0.25, 0.3) is 0 Å². The molecular weight excluding hydrogens is 213 g/mol. The topological polar surface area (TPSA) is 3.24 Å². The molecule has 1 unspecified atom stereocenters. The van der Waals surface area contributed by atoms with Gasteiger partial charge in [-0.3, -0.25) is 0 Å². The third kappa shape index (κ3) is 2.80. The Bertz CT molecular complexity index is 387. The van der Waals surface area contributed by atoms with Crippen LogP contribution in [0.25, 0.3) is 0 Å². The van der Waals surface area contributed by atoms with E-state index in [-0.39, 0.29) is 5.82 Å². The summed E-state index contributed by atoms with van der Waals surface area (Å²) in [6.45, 7) is 8.44. The molecule has 1 heterocycles. The van der Waals surface area contributed by atoms with Crippen molar-refractivity contribution >= 4 is 5.69 Å². The van der Waals surface area contributed by atoms with Crippen LogP contribution in [0.4, 0.5) is 10.1 Å². The summed E-state index contributed by atoms with van der Waals surface area (Å²) >= 11 is 0. The van der Waals surface area contributed by atoms with E-state index in [1.54, 1.807) is 6.07 Å². The molecule has 0 saturated carbocycles. The Morgan fingerprint density at radius 2 is 2.12 bits per heavy atom. The molecule has 0 bridgehead atoms. The smallest absolute Gasteiger partial charge is 0.146 e. The van der Waals surface area contributed by atoms with Crippen molar-refractivity contribution in [3.8, 4) is 0 Å². The lowest BCUT2D eigenvalue weighted by atomic mass is 9.87. The SMILES string of the molecule is Cc1ccc(N2CCCC(C(C)C)C2)c(F)c1. The van der Waals surface area contributed by atoms with Crippen LogP contribution in [0.1, 0.15) is 32.3 Å². The van der Waals surface area contributed by atoms with Gasteiger partial charge in [-0.2, -0.15) is 0 Å². The van der Waals surface area contributed by atoms with Crippen LogP contribution in [0.2, 0.25) is 0 Å². The highest BCUT2D eigenvalue weighted by molar-refractivity contribution is 5.49. The van der Waals surface area contributed by atoms with Crippen molar-refractivity contribution in [2.75, 3.05) is 18.0 Å². The summed E-state index contributed by atoms with van der Waals surface area (Å²) in [4.78, 5) is 2.21. The molecule has 0 N–H and O–H groups in total. The Morgan fingerprint density at radius 1 is 1.35 bits per heavy atom. The zero-order chi connectivity index (χ0) is 12.4. The number of aryl methyl sites for hydroxylation is 1. The second-order valence-corrected chi connectivity index (χ2v) is 5.55.